The monoisotopic (exact) mass is 416 g/mol. The van der Waals surface area contributed by atoms with Crippen LogP contribution in [0.5, 0.6) is 5.75 Å². The molecule has 1 amide bonds. The van der Waals surface area contributed by atoms with Gasteiger partial charge in [-0.3, -0.25) is 4.79 Å². The summed E-state index contributed by atoms with van der Waals surface area (Å²) in [6.45, 7) is 0.355. The number of thiazole rings is 1. The first-order valence-electron chi connectivity index (χ1n) is 8.17. The lowest BCUT2D eigenvalue weighted by atomic mass is 10.3. The Hall–Kier alpha value is -2.20. The number of carbonyl (C=O) groups is 1. The lowest BCUT2D eigenvalue weighted by Gasteiger charge is -2.02. The van der Waals surface area contributed by atoms with Gasteiger partial charge in [-0.2, -0.15) is 4.99 Å². The average molecular weight is 417 g/mol. The molecular formula is C20H17ClN2O2S2. The third-order valence-corrected chi connectivity index (χ3v) is 6.05. The van der Waals surface area contributed by atoms with Crippen LogP contribution in [0.15, 0.2) is 52.4 Å². The Balaban J connectivity index is 1.72. The van der Waals surface area contributed by atoms with Crippen LogP contribution in [0.3, 0.4) is 0 Å². The van der Waals surface area contributed by atoms with Crippen molar-refractivity contribution in [1.29, 1.82) is 0 Å². The summed E-state index contributed by atoms with van der Waals surface area (Å²) >= 11 is 9.08. The van der Waals surface area contributed by atoms with Gasteiger partial charge in [-0.15, -0.1) is 18.2 Å². The second-order valence-electron chi connectivity index (χ2n) is 5.57. The predicted octanol–water partition coefficient (Wildman–Crippen LogP) is 4.61. The van der Waals surface area contributed by atoms with Gasteiger partial charge in [-0.1, -0.05) is 28.9 Å². The summed E-state index contributed by atoms with van der Waals surface area (Å²) in [4.78, 5) is 18.3. The molecule has 0 N–H and O–H groups in total. The van der Waals surface area contributed by atoms with E-state index in [4.69, 9.17) is 22.8 Å². The zero-order valence-corrected chi connectivity index (χ0v) is 17.0. The summed E-state index contributed by atoms with van der Waals surface area (Å²) in [5, 5.41) is 0.644. The molecule has 0 aliphatic rings. The van der Waals surface area contributed by atoms with E-state index in [0.29, 0.717) is 28.5 Å². The van der Waals surface area contributed by atoms with Crippen LogP contribution in [0.1, 0.15) is 6.42 Å². The number of benzene rings is 2. The van der Waals surface area contributed by atoms with Crippen LogP contribution >= 0.6 is 34.7 Å². The van der Waals surface area contributed by atoms with Gasteiger partial charge in [0.2, 0.25) is 5.91 Å². The molecule has 7 heteroatoms. The van der Waals surface area contributed by atoms with Crippen molar-refractivity contribution in [2.24, 2.45) is 4.99 Å². The Bertz CT molecular complexity index is 1060. The van der Waals surface area contributed by atoms with Gasteiger partial charge in [0.25, 0.3) is 0 Å². The maximum absolute atomic E-state index is 12.3. The minimum absolute atomic E-state index is 0.167. The summed E-state index contributed by atoms with van der Waals surface area (Å²) in [6, 6.07) is 13.3. The van der Waals surface area contributed by atoms with E-state index in [0.717, 1.165) is 20.9 Å². The van der Waals surface area contributed by atoms with Crippen molar-refractivity contribution in [1.82, 2.24) is 4.57 Å². The third-order valence-electron chi connectivity index (χ3n) is 3.76. The molecule has 0 aliphatic heterocycles. The van der Waals surface area contributed by atoms with E-state index in [1.54, 1.807) is 24.9 Å². The number of amides is 1. The highest BCUT2D eigenvalue weighted by atomic mass is 35.5. The van der Waals surface area contributed by atoms with Gasteiger partial charge in [-0.05, 0) is 42.5 Å². The van der Waals surface area contributed by atoms with E-state index in [1.807, 2.05) is 41.0 Å². The van der Waals surface area contributed by atoms with E-state index in [-0.39, 0.29) is 5.91 Å². The number of aromatic nitrogens is 1. The van der Waals surface area contributed by atoms with Crippen molar-refractivity contribution in [2.75, 3.05) is 12.9 Å². The fourth-order valence-corrected chi connectivity index (χ4v) is 4.63. The number of fused-ring (bicyclic) bond motifs is 1. The number of rotatable bonds is 6. The molecule has 0 fully saturated rings. The van der Waals surface area contributed by atoms with Crippen molar-refractivity contribution in [3.05, 3.63) is 52.3 Å². The number of methoxy groups -OCH3 is 1. The molecule has 0 saturated carbocycles. The number of halogens is 1. The van der Waals surface area contributed by atoms with E-state index < -0.39 is 0 Å². The molecule has 3 aromatic rings. The summed E-state index contributed by atoms with van der Waals surface area (Å²) in [5.41, 5.74) is 0.932. The number of hydrogen-bond donors (Lipinski definition) is 0. The van der Waals surface area contributed by atoms with Gasteiger partial charge in [0, 0.05) is 22.1 Å². The van der Waals surface area contributed by atoms with Gasteiger partial charge in [-0.25, -0.2) is 0 Å². The summed E-state index contributed by atoms with van der Waals surface area (Å²) in [7, 11) is 1.64. The Labute approximate surface area is 170 Å². The van der Waals surface area contributed by atoms with Crippen LogP contribution in [0, 0.1) is 12.3 Å². The van der Waals surface area contributed by atoms with E-state index >= 15 is 0 Å². The highest BCUT2D eigenvalue weighted by Crippen LogP contribution is 2.23. The molecule has 0 radical (unpaired) electrons. The minimum Gasteiger partial charge on any atom is -0.497 e. The zero-order valence-electron chi connectivity index (χ0n) is 14.6. The zero-order chi connectivity index (χ0) is 19.2. The average Bonchev–Trinajstić information content (AvgIpc) is 2.98. The maximum atomic E-state index is 12.3. The third kappa shape index (κ3) is 4.95. The van der Waals surface area contributed by atoms with Crippen LogP contribution in [0.2, 0.25) is 5.02 Å². The van der Waals surface area contributed by atoms with E-state index in [1.165, 1.54) is 11.3 Å². The van der Waals surface area contributed by atoms with Crippen molar-refractivity contribution >= 4 is 50.8 Å². The van der Waals surface area contributed by atoms with Gasteiger partial charge in [0.15, 0.2) is 4.80 Å². The lowest BCUT2D eigenvalue weighted by molar-refractivity contribution is -0.117. The lowest BCUT2D eigenvalue weighted by Crippen LogP contribution is -2.16. The number of carbonyl (C=O) groups excluding carboxylic acids is 1. The molecule has 0 bridgehead atoms. The fourth-order valence-electron chi connectivity index (χ4n) is 2.47. The van der Waals surface area contributed by atoms with Crippen molar-refractivity contribution in [3.8, 4) is 18.1 Å². The van der Waals surface area contributed by atoms with Crippen molar-refractivity contribution in [3.63, 3.8) is 0 Å². The van der Waals surface area contributed by atoms with Crippen LogP contribution in [-0.2, 0) is 11.3 Å². The van der Waals surface area contributed by atoms with Crippen LogP contribution < -0.4 is 9.54 Å². The Kier molecular flexibility index (Phi) is 6.62. The number of thioether (sulfide) groups is 1. The first kappa shape index (κ1) is 19.6. The molecule has 1 heterocycles. The molecule has 4 nitrogen and oxygen atoms in total. The summed E-state index contributed by atoms with van der Waals surface area (Å²) in [5.74, 6) is 3.91. The molecule has 138 valence electrons. The molecule has 27 heavy (non-hydrogen) atoms. The Morgan fingerprint density at radius 2 is 2.11 bits per heavy atom. The normalized spacial score (nSPS) is 11.5. The van der Waals surface area contributed by atoms with Crippen LogP contribution in [-0.4, -0.2) is 23.3 Å². The fraction of sp³-hybridized carbons (Fsp3) is 0.200. The SMILES string of the molecule is C#CCn1c(=NC(=O)CCSc2ccc(OC)cc2)sc2cc(Cl)ccc21. The van der Waals surface area contributed by atoms with Crippen LogP contribution in [0.4, 0.5) is 0 Å². The van der Waals surface area contributed by atoms with Crippen LogP contribution in [0.25, 0.3) is 10.2 Å². The highest BCUT2D eigenvalue weighted by molar-refractivity contribution is 7.99. The summed E-state index contributed by atoms with van der Waals surface area (Å²) < 4.78 is 7.96. The molecule has 0 spiro atoms. The number of terminal acetylenes is 1. The smallest absolute Gasteiger partial charge is 0.249 e. The predicted molar refractivity (Wildman–Crippen MR) is 113 cm³/mol. The second-order valence-corrected chi connectivity index (χ2v) is 8.18. The molecule has 0 aliphatic carbocycles. The number of nitrogens with zero attached hydrogens (tertiary/aromatic N) is 2. The van der Waals surface area contributed by atoms with Crippen molar-refractivity contribution < 1.29 is 9.53 Å². The van der Waals surface area contributed by atoms with E-state index in [9.17, 15) is 4.79 Å². The number of hydrogen-bond acceptors (Lipinski definition) is 4. The number of ether oxygens (including phenoxy) is 1. The first-order chi connectivity index (χ1) is 13.1. The van der Waals surface area contributed by atoms with Gasteiger partial charge in [0.1, 0.15) is 5.75 Å². The molecule has 0 saturated heterocycles. The highest BCUT2D eigenvalue weighted by Gasteiger charge is 2.08. The van der Waals surface area contributed by atoms with Crippen molar-refractivity contribution in [2.45, 2.75) is 17.9 Å². The molecule has 0 unspecified atom stereocenters. The van der Waals surface area contributed by atoms with Gasteiger partial charge >= 0.3 is 0 Å². The summed E-state index contributed by atoms with van der Waals surface area (Å²) in [6.07, 6.45) is 5.82. The maximum Gasteiger partial charge on any atom is 0.249 e. The second kappa shape index (κ2) is 9.14. The van der Waals surface area contributed by atoms with E-state index in [2.05, 4.69) is 10.9 Å². The molecule has 0 atom stereocenters. The topological polar surface area (TPSA) is 43.6 Å². The van der Waals surface area contributed by atoms with Gasteiger partial charge in [0.05, 0.1) is 23.9 Å². The Morgan fingerprint density at radius 1 is 1.33 bits per heavy atom. The molecular weight excluding hydrogens is 400 g/mol. The Morgan fingerprint density at radius 3 is 2.81 bits per heavy atom. The first-order valence-corrected chi connectivity index (χ1v) is 10.4. The molecule has 1 aromatic heterocycles. The molecule has 3 rings (SSSR count). The molecule has 2 aromatic carbocycles. The largest absolute Gasteiger partial charge is 0.497 e. The van der Waals surface area contributed by atoms with Gasteiger partial charge < -0.3 is 9.30 Å². The quantitative estimate of drug-likeness (QED) is 0.435. The minimum atomic E-state index is -0.167. The standard InChI is InChI=1S/C20H17ClN2O2S2/c1-3-11-23-17-9-4-14(21)13-18(17)27-20(23)22-19(24)10-12-26-16-7-5-15(25-2)6-8-16/h1,4-9,13H,10-12H2,2H3.